The summed E-state index contributed by atoms with van der Waals surface area (Å²) in [4.78, 5) is 3.34. The van der Waals surface area contributed by atoms with Gasteiger partial charge in [-0.05, 0) is 37.9 Å². The van der Waals surface area contributed by atoms with Gasteiger partial charge in [0.05, 0.1) is 5.69 Å². The summed E-state index contributed by atoms with van der Waals surface area (Å²) < 4.78 is 5.04. The molecule has 0 bridgehead atoms. The molecule has 0 radical (unpaired) electrons. The van der Waals surface area contributed by atoms with Gasteiger partial charge >= 0.3 is 0 Å². The molecule has 2 aromatic rings. The molecule has 0 spiro atoms. The number of nitrogens with one attached hydrogen (secondary N) is 1. The van der Waals surface area contributed by atoms with Crippen LogP contribution in [0.1, 0.15) is 44.8 Å². The SMILES string of the molecule is CCc1nn(C)c2c1[nH]c(=S)n2C(C)CC1CC1. The number of rotatable bonds is 4. The van der Waals surface area contributed by atoms with Crippen LogP contribution in [-0.2, 0) is 13.5 Å². The molecule has 1 aliphatic carbocycles. The summed E-state index contributed by atoms with van der Waals surface area (Å²) in [5, 5.41) is 4.57. The van der Waals surface area contributed by atoms with Gasteiger partial charge in [0.25, 0.3) is 0 Å². The summed E-state index contributed by atoms with van der Waals surface area (Å²) in [7, 11) is 2.00. The van der Waals surface area contributed by atoms with Crippen molar-refractivity contribution in [1.29, 1.82) is 0 Å². The maximum absolute atomic E-state index is 5.49. The van der Waals surface area contributed by atoms with Crippen molar-refractivity contribution in [2.45, 2.75) is 45.6 Å². The molecule has 2 heterocycles. The normalized spacial score (nSPS) is 17.5. The smallest absolute Gasteiger partial charge is 0.179 e. The minimum absolute atomic E-state index is 0.457. The van der Waals surface area contributed by atoms with Crippen LogP contribution in [-0.4, -0.2) is 19.3 Å². The topological polar surface area (TPSA) is 38.5 Å². The maximum atomic E-state index is 5.49. The number of H-pyrrole nitrogens is 1. The third-order valence-corrected chi connectivity index (χ3v) is 4.21. The number of aromatic amines is 1. The van der Waals surface area contributed by atoms with E-state index in [9.17, 15) is 0 Å². The van der Waals surface area contributed by atoms with Crippen LogP contribution in [0.3, 0.4) is 0 Å². The Morgan fingerprint density at radius 2 is 2.22 bits per heavy atom. The van der Waals surface area contributed by atoms with Crippen LogP contribution in [0.5, 0.6) is 0 Å². The van der Waals surface area contributed by atoms with E-state index >= 15 is 0 Å². The van der Waals surface area contributed by atoms with E-state index in [2.05, 4.69) is 28.5 Å². The van der Waals surface area contributed by atoms with Gasteiger partial charge in [0.2, 0.25) is 0 Å². The molecule has 1 atom stereocenters. The van der Waals surface area contributed by atoms with Gasteiger partial charge in [-0.1, -0.05) is 19.8 Å². The minimum atomic E-state index is 0.457. The second-order valence-electron chi connectivity index (χ2n) is 5.45. The summed E-state index contributed by atoms with van der Waals surface area (Å²) in [6, 6.07) is 0.457. The zero-order chi connectivity index (χ0) is 12.9. The molecule has 1 aliphatic rings. The van der Waals surface area contributed by atoms with E-state index in [1.807, 2.05) is 11.7 Å². The van der Waals surface area contributed by atoms with Crippen LogP contribution in [0.2, 0.25) is 0 Å². The van der Waals surface area contributed by atoms with E-state index in [-0.39, 0.29) is 0 Å². The lowest BCUT2D eigenvalue weighted by Crippen LogP contribution is -2.09. The lowest BCUT2D eigenvalue weighted by molar-refractivity contribution is 0.475. The first kappa shape index (κ1) is 12.0. The summed E-state index contributed by atoms with van der Waals surface area (Å²) in [6.07, 6.45) is 4.94. The number of aryl methyl sites for hydroxylation is 2. The zero-order valence-corrected chi connectivity index (χ0v) is 12.0. The third kappa shape index (κ3) is 1.81. The molecule has 0 saturated heterocycles. The van der Waals surface area contributed by atoms with Crippen molar-refractivity contribution in [3.8, 4) is 0 Å². The molecule has 2 aromatic heterocycles. The van der Waals surface area contributed by atoms with E-state index in [1.165, 1.54) is 19.3 Å². The Balaban J connectivity index is 2.11. The molecule has 1 saturated carbocycles. The van der Waals surface area contributed by atoms with Crippen molar-refractivity contribution >= 4 is 23.4 Å². The highest BCUT2D eigenvalue weighted by atomic mass is 32.1. The quantitative estimate of drug-likeness (QED) is 0.860. The number of hydrogen-bond acceptors (Lipinski definition) is 2. The van der Waals surface area contributed by atoms with Gasteiger partial charge in [-0.3, -0.25) is 9.25 Å². The summed E-state index contributed by atoms with van der Waals surface area (Å²) >= 11 is 5.49. The predicted molar refractivity (Wildman–Crippen MR) is 75.3 cm³/mol. The summed E-state index contributed by atoms with van der Waals surface area (Å²) in [5.74, 6) is 0.908. The van der Waals surface area contributed by atoms with Crippen LogP contribution in [0.25, 0.3) is 11.2 Å². The molecular weight excluding hydrogens is 244 g/mol. The third-order valence-electron chi connectivity index (χ3n) is 3.92. The molecule has 1 fully saturated rings. The van der Waals surface area contributed by atoms with Crippen molar-refractivity contribution in [1.82, 2.24) is 19.3 Å². The van der Waals surface area contributed by atoms with Crippen molar-refractivity contribution in [2.75, 3.05) is 0 Å². The van der Waals surface area contributed by atoms with E-state index in [0.29, 0.717) is 6.04 Å². The van der Waals surface area contributed by atoms with Crippen LogP contribution < -0.4 is 0 Å². The fourth-order valence-corrected chi connectivity index (χ4v) is 3.20. The van der Waals surface area contributed by atoms with Gasteiger partial charge in [-0.15, -0.1) is 0 Å². The second-order valence-corrected chi connectivity index (χ2v) is 5.84. The number of imidazole rings is 1. The number of nitrogens with zero attached hydrogens (tertiary/aromatic N) is 3. The Hall–Kier alpha value is -1.10. The molecular formula is C13H20N4S. The molecule has 4 nitrogen and oxygen atoms in total. The van der Waals surface area contributed by atoms with Crippen molar-refractivity contribution in [3.05, 3.63) is 10.5 Å². The fourth-order valence-electron chi connectivity index (χ4n) is 2.83. The molecule has 5 heteroatoms. The first-order chi connectivity index (χ1) is 8.61. The lowest BCUT2D eigenvalue weighted by atomic mass is 10.1. The molecule has 0 amide bonds. The van der Waals surface area contributed by atoms with Crippen LogP contribution in [0.15, 0.2) is 0 Å². The number of hydrogen-bond donors (Lipinski definition) is 1. The average Bonchev–Trinajstić information content (AvgIpc) is 2.99. The lowest BCUT2D eigenvalue weighted by Gasteiger charge is -2.13. The Morgan fingerprint density at radius 1 is 1.50 bits per heavy atom. The number of aromatic nitrogens is 4. The Kier molecular flexibility index (Phi) is 2.81. The highest BCUT2D eigenvalue weighted by Gasteiger charge is 2.26. The highest BCUT2D eigenvalue weighted by molar-refractivity contribution is 7.71. The largest absolute Gasteiger partial charge is 0.328 e. The predicted octanol–water partition coefficient (Wildman–Crippen LogP) is 3.36. The monoisotopic (exact) mass is 264 g/mol. The van der Waals surface area contributed by atoms with Crippen molar-refractivity contribution in [3.63, 3.8) is 0 Å². The Bertz CT molecular complexity index is 629. The summed E-state index contributed by atoms with van der Waals surface area (Å²) in [5.41, 5.74) is 3.37. The van der Waals surface area contributed by atoms with E-state index in [0.717, 1.165) is 34.0 Å². The molecule has 1 N–H and O–H groups in total. The molecule has 3 rings (SSSR count). The Morgan fingerprint density at radius 3 is 2.83 bits per heavy atom. The standard InChI is InChI=1S/C13H20N4S/c1-4-10-11-12(16(3)15-10)17(13(18)14-11)8(2)7-9-5-6-9/h8-9H,4-7H2,1-3H3,(H,14,18). The fraction of sp³-hybridized carbons (Fsp3) is 0.692. The first-order valence-electron chi connectivity index (χ1n) is 6.77. The molecule has 18 heavy (non-hydrogen) atoms. The van der Waals surface area contributed by atoms with Crippen LogP contribution in [0.4, 0.5) is 0 Å². The van der Waals surface area contributed by atoms with E-state index < -0.39 is 0 Å². The Labute approximate surface area is 112 Å². The molecule has 98 valence electrons. The van der Waals surface area contributed by atoms with Crippen molar-refractivity contribution < 1.29 is 0 Å². The van der Waals surface area contributed by atoms with E-state index in [1.54, 1.807) is 0 Å². The van der Waals surface area contributed by atoms with E-state index in [4.69, 9.17) is 12.2 Å². The average molecular weight is 264 g/mol. The summed E-state index contributed by atoms with van der Waals surface area (Å²) in [6.45, 7) is 4.39. The van der Waals surface area contributed by atoms with Gasteiger partial charge in [0, 0.05) is 13.1 Å². The van der Waals surface area contributed by atoms with Gasteiger partial charge in [0.15, 0.2) is 10.4 Å². The van der Waals surface area contributed by atoms with Gasteiger partial charge in [-0.25, -0.2) is 0 Å². The molecule has 0 aromatic carbocycles. The van der Waals surface area contributed by atoms with Crippen LogP contribution >= 0.6 is 12.2 Å². The zero-order valence-electron chi connectivity index (χ0n) is 11.2. The number of fused-ring (bicyclic) bond motifs is 1. The molecule has 0 aliphatic heterocycles. The van der Waals surface area contributed by atoms with Gasteiger partial charge in [0.1, 0.15) is 5.52 Å². The van der Waals surface area contributed by atoms with Gasteiger partial charge < -0.3 is 4.98 Å². The first-order valence-corrected chi connectivity index (χ1v) is 7.18. The van der Waals surface area contributed by atoms with Crippen molar-refractivity contribution in [2.24, 2.45) is 13.0 Å². The molecule has 1 unspecified atom stereocenters. The maximum Gasteiger partial charge on any atom is 0.179 e. The van der Waals surface area contributed by atoms with Gasteiger partial charge in [-0.2, -0.15) is 5.10 Å². The van der Waals surface area contributed by atoms with Crippen LogP contribution in [0, 0.1) is 10.7 Å². The second kappa shape index (κ2) is 4.23. The minimum Gasteiger partial charge on any atom is -0.328 e. The highest BCUT2D eigenvalue weighted by Crippen LogP contribution is 2.37.